The molecule has 1 rings (SSSR count). The lowest BCUT2D eigenvalue weighted by Crippen LogP contribution is -2.38. The summed E-state index contributed by atoms with van der Waals surface area (Å²) in [4.78, 5) is 12.8. The Morgan fingerprint density at radius 3 is 2.76 bits per heavy atom. The lowest BCUT2D eigenvalue weighted by molar-refractivity contribution is -0.122. The third-order valence-electron chi connectivity index (χ3n) is 2.76. The molecule has 1 heterocycles. The van der Waals surface area contributed by atoms with E-state index in [9.17, 15) is 4.79 Å². The number of nitrogens with one attached hydrogen (secondary N) is 1. The molecule has 2 N–H and O–H groups in total. The van der Waals surface area contributed by atoms with E-state index >= 15 is 0 Å². The van der Waals surface area contributed by atoms with Crippen molar-refractivity contribution in [1.29, 1.82) is 0 Å². The fourth-order valence-electron chi connectivity index (χ4n) is 1.35. The van der Waals surface area contributed by atoms with Crippen LogP contribution in [0.1, 0.15) is 25.1 Å². The Labute approximate surface area is 111 Å². The van der Waals surface area contributed by atoms with Crippen molar-refractivity contribution >= 4 is 28.8 Å². The van der Waals surface area contributed by atoms with Gasteiger partial charge in [-0.25, -0.2) is 0 Å². The molecule has 2 unspecified atom stereocenters. The first-order chi connectivity index (χ1) is 8.02. The van der Waals surface area contributed by atoms with Gasteiger partial charge in [0.2, 0.25) is 5.91 Å². The Hall–Kier alpha value is -0.580. The molecule has 0 aromatic carbocycles. The number of amides is 1. The molecule has 1 aromatic rings. The molecule has 1 aromatic heterocycles. The predicted molar refractivity (Wildman–Crippen MR) is 71.5 cm³/mol. The van der Waals surface area contributed by atoms with E-state index in [1.54, 1.807) is 0 Å². The SMILES string of the molecule is CC(CO)C(C)NC(=O)CCc1ccc(Cl)s1. The van der Waals surface area contributed by atoms with E-state index in [0.717, 1.165) is 9.21 Å². The molecule has 0 spiro atoms. The second-order valence-electron chi connectivity index (χ2n) is 4.22. The van der Waals surface area contributed by atoms with Gasteiger partial charge in [-0.1, -0.05) is 18.5 Å². The number of halogens is 1. The largest absolute Gasteiger partial charge is 0.396 e. The standard InChI is InChI=1S/C12H18ClNO2S/c1-8(7-15)9(2)14-12(16)6-4-10-3-5-11(13)17-10/h3,5,8-9,15H,4,6-7H2,1-2H3,(H,14,16). The molecule has 0 aliphatic heterocycles. The Kier molecular flexibility index (Phi) is 5.95. The first-order valence-corrected chi connectivity index (χ1v) is 6.86. The first-order valence-electron chi connectivity index (χ1n) is 5.67. The zero-order chi connectivity index (χ0) is 12.8. The van der Waals surface area contributed by atoms with E-state index < -0.39 is 0 Å². The molecule has 2 atom stereocenters. The number of hydrogen-bond acceptors (Lipinski definition) is 3. The monoisotopic (exact) mass is 275 g/mol. The van der Waals surface area contributed by atoms with E-state index in [1.165, 1.54) is 11.3 Å². The van der Waals surface area contributed by atoms with Crippen molar-refractivity contribution in [3.8, 4) is 0 Å². The first kappa shape index (κ1) is 14.5. The maximum absolute atomic E-state index is 11.6. The summed E-state index contributed by atoms with van der Waals surface area (Å²) in [5.41, 5.74) is 0. The molecule has 5 heteroatoms. The molecule has 1 amide bonds. The molecule has 0 bridgehead atoms. The van der Waals surface area contributed by atoms with Crippen molar-refractivity contribution in [2.75, 3.05) is 6.61 Å². The molecule has 0 saturated carbocycles. The number of rotatable bonds is 6. The number of aliphatic hydroxyl groups excluding tert-OH is 1. The number of aryl methyl sites for hydroxylation is 1. The van der Waals surface area contributed by atoms with Crippen molar-refractivity contribution in [3.63, 3.8) is 0 Å². The van der Waals surface area contributed by atoms with Crippen molar-refractivity contribution in [2.45, 2.75) is 32.7 Å². The highest BCUT2D eigenvalue weighted by Gasteiger charge is 2.13. The normalized spacial score (nSPS) is 14.4. The van der Waals surface area contributed by atoms with Crippen LogP contribution in [0.15, 0.2) is 12.1 Å². The summed E-state index contributed by atoms with van der Waals surface area (Å²) in [6.07, 6.45) is 1.17. The van der Waals surface area contributed by atoms with Gasteiger partial charge in [-0.3, -0.25) is 4.79 Å². The van der Waals surface area contributed by atoms with Crippen LogP contribution in [0.2, 0.25) is 4.34 Å². The van der Waals surface area contributed by atoms with E-state index in [4.69, 9.17) is 16.7 Å². The zero-order valence-electron chi connectivity index (χ0n) is 10.1. The Bertz CT molecular complexity index is 367. The molecular weight excluding hydrogens is 258 g/mol. The smallest absolute Gasteiger partial charge is 0.220 e. The highest BCUT2D eigenvalue weighted by Crippen LogP contribution is 2.22. The topological polar surface area (TPSA) is 49.3 Å². The van der Waals surface area contributed by atoms with Crippen LogP contribution in [-0.2, 0) is 11.2 Å². The molecule has 0 aliphatic rings. The van der Waals surface area contributed by atoms with Gasteiger partial charge < -0.3 is 10.4 Å². The van der Waals surface area contributed by atoms with Crippen LogP contribution in [0, 0.1) is 5.92 Å². The van der Waals surface area contributed by atoms with Crippen molar-refractivity contribution < 1.29 is 9.90 Å². The van der Waals surface area contributed by atoms with Crippen LogP contribution in [0.3, 0.4) is 0 Å². The Morgan fingerprint density at radius 2 is 2.24 bits per heavy atom. The average Bonchev–Trinajstić information content (AvgIpc) is 2.71. The number of aliphatic hydroxyl groups is 1. The predicted octanol–water partition coefficient (Wildman–Crippen LogP) is 2.47. The van der Waals surface area contributed by atoms with Gasteiger partial charge in [-0.05, 0) is 31.4 Å². The highest BCUT2D eigenvalue weighted by molar-refractivity contribution is 7.16. The number of thiophene rings is 1. The van der Waals surface area contributed by atoms with E-state index in [0.29, 0.717) is 12.8 Å². The summed E-state index contributed by atoms with van der Waals surface area (Å²) < 4.78 is 0.752. The number of carbonyl (C=O) groups excluding carboxylic acids is 1. The number of carbonyl (C=O) groups is 1. The zero-order valence-corrected chi connectivity index (χ0v) is 11.6. The van der Waals surface area contributed by atoms with Gasteiger partial charge in [0.25, 0.3) is 0 Å². The summed E-state index contributed by atoms with van der Waals surface area (Å²) in [5, 5.41) is 11.8. The van der Waals surface area contributed by atoms with Crippen LogP contribution in [-0.4, -0.2) is 23.7 Å². The molecule has 0 fully saturated rings. The van der Waals surface area contributed by atoms with Crippen molar-refractivity contribution in [2.24, 2.45) is 5.92 Å². The van der Waals surface area contributed by atoms with E-state index in [2.05, 4.69) is 5.32 Å². The molecule has 3 nitrogen and oxygen atoms in total. The third-order valence-corrected chi connectivity index (χ3v) is 4.05. The second kappa shape index (κ2) is 6.99. The summed E-state index contributed by atoms with van der Waals surface area (Å²) in [5.74, 6) is 0.0949. The molecular formula is C12H18ClNO2S. The fourth-order valence-corrected chi connectivity index (χ4v) is 2.44. The van der Waals surface area contributed by atoms with Crippen molar-refractivity contribution in [1.82, 2.24) is 5.32 Å². The average molecular weight is 276 g/mol. The summed E-state index contributed by atoms with van der Waals surface area (Å²) in [6.45, 7) is 3.90. The lowest BCUT2D eigenvalue weighted by atomic mass is 10.1. The molecule has 96 valence electrons. The van der Waals surface area contributed by atoms with E-state index in [1.807, 2.05) is 26.0 Å². The molecule has 0 radical (unpaired) electrons. The summed E-state index contributed by atoms with van der Waals surface area (Å²) in [6, 6.07) is 3.79. The van der Waals surface area contributed by atoms with Gasteiger partial charge in [0.1, 0.15) is 0 Å². The van der Waals surface area contributed by atoms with Gasteiger partial charge in [0.05, 0.1) is 4.34 Å². The van der Waals surface area contributed by atoms with Gasteiger partial charge in [0, 0.05) is 23.9 Å². The van der Waals surface area contributed by atoms with Gasteiger partial charge in [0.15, 0.2) is 0 Å². The molecule has 0 saturated heterocycles. The van der Waals surface area contributed by atoms with Gasteiger partial charge in [-0.15, -0.1) is 11.3 Å². The van der Waals surface area contributed by atoms with Crippen LogP contribution in [0.5, 0.6) is 0 Å². The number of hydrogen-bond donors (Lipinski definition) is 2. The Morgan fingerprint density at radius 1 is 1.53 bits per heavy atom. The van der Waals surface area contributed by atoms with Gasteiger partial charge in [-0.2, -0.15) is 0 Å². The minimum atomic E-state index is -0.000534. The molecule has 0 aliphatic carbocycles. The minimum absolute atomic E-state index is 0.000534. The third kappa shape index (κ3) is 5.06. The van der Waals surface area contributed by atoms with Gasteiger partial charge >= 0.3 is 0 Å². The van der Waals surface area contributed by atoms with Crippen LogP contribution >= 0.6 is 22.9 Å². The minimum Gasteiger partial charge on any atom is -0.396 e. The summed E-state index contributed by atoms with van der Waals surface area (Å²) >= 11 is 7.32. The van der Waals surface area contributed by atoms with Crippen LogP contribution in [0.25, 0.3) is 0 Å². The maximum Gasteiger partial charge on any atom is 0.220 e. The van der Waals surface area contributed by atoms with Crippen molar-refractivity contribution in [3.05, 3.63) is 21.3 Å². The second-order valence-corrected chi connectivity index (χ2v) is 6.02. The quantitative estimate of drug-likeness (QED) is 0.838. The van der Waals surface area contributed by atoms with E-state index in [-0.39, 0.29) is 24.5 Å². The Balaban J connectivity index is 2.30. The lowest BCUT2D eigenvalue weighted by Gasteiger charge is -2.19. The summed E-state index contributed by atoms with van der Waals surface area (Å²) in [7, 11) is 0. The highest BCUT2D eigenvalue weighted by atomic mass is 35.5. The maximum atomic E-state index is 11.6. The fraction of sp³-hybridized carbons (Fsp3) is 0.583. The molecule has 17 heavy (non-hydrogen) atoms. The van der Waals surface area contributed by atoms with Crippen LogP contribution in [0.4, 0.5) is 0 Å². The van der Waals surface area contributed by atoms with Crippen LogP contribution < -0.4 is 5.32 Å².